The van der Waals surface area contributed by atoms with E-state index >= 15 is 0 Å². The fourth-order valence-corrected chi connectivity index (χ4v) is 0.825. The summed E-state index contributed by atoms with van der Waals surface area (Å²) in [6, 6.07) is 0. The van der Waals surface area contributed by atoms with Crippen LogP contribution >= 0.6 is 11.8 Å². The topological polar surface area (TPSA) is 114 Å². The molecule has 1 aromatic rings. The Morgan fingerprint density at radius 2 is 2.09 bits per heavy atom. The second kappa shape index (κ2) is 3.03. The van der Waals surface area contributed by atoms with E-state index in [1.54, 1.807) is 5.40 Å². The molecule has 0 aliphatic heterocycles. The lowest BCUT2D eigenvalue weighted by atomic mass is 10.5. The van der Waals surface area contributed by atoms with Crippen LogP contribution in [0.5, 0.6) is 0 Å². The molecule has 1 heterocycles. The standard InChI is InChI=1S/C4H4N6S/c5-1-11-4-2(6)3(7)8-10-9-4/h(H2,6,10)(H2,7,8,9). The van der Waals surface area contributed by atoms with Gasteiger partial charge < -0.3 is 11.5 Å². The van der Waals surface area contributed by atoms with Crippen LogP contribution in [0.2, 0.25) is 0 Å². The molecule has 0 radical (unpaired) electrons. The minimum atomic E-state index is 0.0951. The molecular formula is C4H4N6S. The SMILES string of the molecule is N#CSc1nnnc(N)c1N. The summed E-state index contributed by atoms with van der Waals surface area (Å²) in [7, 11) is 0. The smallest absolute Gasteiger partial charge is 0.173 e. The Labute approximate surface area is 66.6 Å². The molecule has 0 atom stereocenters. The van der Waals surface area contributed by atoms with Gasteiger partial charge in [0.15, 0.2) is 10.8 Å². The summed E-state index contributed by atoms with van der Waals surface area (Å²) in [5.74, 6) is 0.0951. The molecule has 1 aromatic heterocycles. The summed E-state index contributed by atoms with van der Waals surface area (Å²) in [6.07, 6.45) is 0. The maximum Gasteiger partial charge on any atom is 0.173 e. The number of anilines is 2. The number of aromatic nitrogens is 3. The second-order valence-corrected chi connectivity index (χ2v) is 2.36. The van der Waals surface area contributed by atoms with E-state index in [2.05, 4.69) is 15.4 Å². The predicted molar refractivity (Wildman–Crippen MR) is 40.1 cm³/mol. The van der Waals surface area contributed by atoms with Gasteiger partial charge in [-0.1, -0.05) is 0 Å². The number of nitriles is 1. The van der Waals surface area contributed by atoms with Gasteiger partial charge >= 0.3 is 0 Å². The lowest BCUT2D eigenvalue weighted by molar-refractivity contribution is 0.818. The van der Waals surface area contributed by atoms with Crippen molar-refractivity contribution in [2.24, 2.45) is 0 Å². The molecule has 0 fully saturated rings. The first-order valence-electron chi connectivity index (χ1n) is 2.56. The number of thioether (sulfide) groups is 1. The van der Waals surface area contributed by atoms with E-state index in [0.717, 1.165) is 11.8 Å². The van der Waals surface area contributed by atoms with Gasteiger partial charge in [-0.3, -0.25) is 0 Å². The van der Waals surface area contributed by atoms with Gasteiger partial charge in [-0.25, -0.2) is 0 Å². The number of hydrogen-bond donors (Lipinski definition) is 2. The van der Waals surface area contributed by atoms with Gasteiger partial charge in [0.25, 0.3) is 0 Å². The number of hydrogen-bond acceptors (Lipinski definition) is 7. The number of nitrogens with two attached hydrogens (primary N) is 2. The lowest BCUT2D eigenvalue weighted by Gasteiger charge is -1.97. The maximum absolute atomic E-state index is 8.26. The van der Waals surface area contributed by atoms with E-state index in [-0.39, 0.29) is 11.5 Å². The minimum Gasteiger partial charge on any atom is -0.393 e. The number of nitrogen functional groups attached to an aromatic ring is 2. The molecule has 56 valence electrons. The largest absolute Gasteiger partial charge is 0.393 e. The molecular weight excluding hydrogens is 164 g/mol. The third kappa shape index (κ3) is 1.47. The third-order valence-corrected chi connectivity index (χ3v) is 1.52. The first-order chi connectivity index (χ1) is 5.25. The van der Waals surface area contributed by atoms with E-state index in [1.807, 2.05) is 0 Å². The quantitative estimate of drug-likeness (QED) is 0.433. The summed E-state index contributed by atoms with van der Waals surface area (Å²) in [5, 5.41) is 20.5. The van der Waals surface area contributed by atoms with Crippen LogP contribution < -0.4 is 11.5 Å². The monoisotopic (exact) mass is 168 g/mol. The van der Waals surface area contributed by atoms with Crippen molar-refractivity contribution in [2.75, 3.05) is 11.5 Å². The Morgan fingerprint density at radius 1 is 1.36 bits per heavy atom. The van der Waals surface area contributed by atoms with E-state index in [1.165, 1.54) is 0 Å². The molecule has 0 unspecified atom stereocenters. The molecule has 0 amide bonds. The van der Waals surface area contributed by atoms with Crippen LogP contribution in [0, 0.1) is 10.7 Å². The van der Waals surface area contributed by atoms with Crippen LogP contribution in [0.3, 0.4) is 0 Å². The molecule has 0 bridgehead atoms. The highest BCUT2D eigenvalue weighted by molar-refractivity contribution is 8.03. The van der Waals surface area contributed by atoms with Crippen LogP contribution in [0.25, 0.3) is 0 Å². The van der Waals surface area contributed by atoms with Gasteiger partial charge in [0.1, 0.15) is 11.1 Å². The fourth-order valence-electron chi connectivity index (χ4n) is 0.447. The predicted octanol–water partition coefficient (Wildman–Crippen LogP) is -0.391. The van der Waals surface area contributed by atoms with Crippen LogP contribution in [0.4, 0.5) is 11.5 Å². The van der Waals surface area contributed by atoms with Gasteiger partial charge in [-0.05, 0) is 5.21 Å². The van der Waals surface area contributed by atoms with Crippen molar-refractivity contribution in [3.05, 3.63) is 0 Å². The van der Waals surface area contributed by atoms with Crippen molar-refractivity contribution in [3.8, 4) is 5.40 Å². The highest BCUT2D eigenvalue weighted by atomic mass is 32.2. The third-order valence-electron chi connectivity index (χ3n) is 0.937. The number of rotatable bonds is 1. The Morgan fingerprint density at radius 3 is 2.73 bits per heavy atom. The molecule has 7 heteroatoms. The van der Waals surface area contributed by atoms with Gasteiger partial charge in [0.2, 0.25) is 0 Å². The van der Waals surface area contributed by atoms with Crippen molar-refractivity contribution in [3.63, 3.8) is 0 Å². The van der Waals surface area contributed by atoms with E-state index in [0.29, 0.717) is 5.03 Å². The zero-order valence-electron chi connectivity index (χ0n) is 5.35. The summed E-state index contributed by atoms with van der Waals surface area (Å²) in [6.45, 7) is 0. The molecule has 0 spiro atoms. The minimum absolute atomic E-state index is 0.0951. The molecule has 4 N–H and O–H groups in total. The number of thiocyanates is 1. The van der Waals surface area contributed by atoms with Gasteiger partial charge in [0, 0.05) is 11.8 Å². The van der Waals surface area contributed by atoms with Crippen molar-refractivity contribution in [1.82, 2.24) is 15.4 Å². The van der Waals surface area contributed by atoms with Crippen LogP contribution in [0.15, 0.2) is 5.03 Å². The van der Waals surface area contributed by atoms with Gasteiger partial charge in [-0.15, -0.1) is 10.2 Å². The van der Waals surface area contributed by atoms with Gasteiger partial charge in [0.05, 0.1) is 0 Å². The highest BCUT2D eigenvalue weighted by Gasteiger charge is 2.05. The Balaban J connectivity index is 3.08. The van der Waals surface area contributed by atoms with Crippen molar-refractivity contribution >= 4 is 23.3 Å². The second-order valence-electron chi connectivity index (χ2n) is 1.59. The van der Waals surface area contributed by atoms with Crippen molar-refractivity contribution in [1.29, 1.82) is 5.26 Å². The normalized spacial score (nSPS) is 9.00. The molecule has 11 heavy (non-hydrogen) atoms. The van der Waals surface area contributed by atoms with Crippen molar-refractivity contribution < 1.29 is 0 Å². The van der Waals surface area contributed by atoms with E-state index in [4.69, 9.17) is 16.7 Å². The Kier molecular flexibility index (Phi) is 2.08. The zero-order valence-corrected chi connectivity index (χ0v) is 6.17. The average Bonchev–Trinajstić information content (AvgIpc) is 1.99. The highest BCUT2D eigenvalue weighted by Crippen LogP contribution is 2.22. The summed E-state index contributed by atoms with van der Waals surface area (Å²) in [4.78, 5) is 0. The fraction of sp³-hybridized carbons (Fsp3) is 0. The van der Waals surface area contributed by atoms with Gasteiger partial charge in [-0.2, -0.15) is 5.26 Å². The van der Waals surface area contributed by atoms with E-state index < -0.39 is 0 Å². The summed E-state index contributed by atoms with van der Waals surface area (Å²) >= 11 is 0.803. The van der Waals surface area contributed by atoms with Crippen molar-refractivity contribution in [2.45, 2.75) is 5.03 Å². The van der Waals surface area contributed by atoms with Crippen LogP contribution in [-0.2, 0) is 0 Å². The molecule has 0 aliphatic rings. The zero-order chi connectivity index (χ0) is 8.27. The molecule has 0 aromatic carbocycles. The Hall–Kier alpha value is -1.55. The molecule has 0 aliphatic carbocycles. The van der Waals surface area contributed by atoms with Crippen LogP contribution in [-0.4, -0.2) is 15.4 Å². The number of nitrogens with zero attached hydrogens (tertiary/aromatic N) is 4. The van der Waals surface area contributed by atoms with Crippen LogP contribution in [0.1, 0.15) is 0 Å². The molecule has 6 nitrogen and oxygen atoms in total. The molecule has 0 saturated heterocycles. The molecule has 0 saturated carbocycles. The first-order valence-corrected chi connectivity index (χ1v) is 3.37. The molecule has 1 rings (SSSR count). The summed E-state index contributed by atoms with van der Waals surface area (Å²) < 4.78 is 0. The summed E-state index contributed by atoms with van der Waals surface area (Å²) in [5.41, 5.74) is 10.9. The lowest BCUT2D eigenvalue weighted by Crippen LogP contribution is -2.03. The maximum atomic E-state index is 8.26. The van der Waals surface area contributed by atoms with E-state index in [9.17, 15) is 0 Å². The average molecular weight is 168 g/mol. The Bertz CT molecular complexity index is 304. The first kappa shape index (κ1) is 7.56.